The highest BCUT2D eigenvalue weighted by atomic mass is 16.3. The second kappa shape index (κ2) is 6.35. The first-order chi connectivity index (χ1) is 9.88. The number of carbonyl (C=O) groups is 1. The summed E-state index contributed by atoms with van der Waals surface area (Å²) in [6.45, 7) is 5.03. The highest BCUT2D eigenvalue weighted by Gasteiger charge is 2.29. The quantitative estimate of drug-likeness (QED) is 0.739. The lowest BCUT2D eigenvalue weighted by atomic mass is 9.92. The first-order valence-corrected chi connectivity index (χ1v) is 7.45. The average molecular weight is 292 g/mol. The lowest BCUT2D eigenvalue weighted by Crippen LogP contribution is -2.51. The molecule has 1 aliphatic rings. The largest absolute Gasteiger partial charge is 0.504 e. The average Bonchev–Trinajstić information content (AvgIpc) is 2.42. The Morgan fingerprint density at radius 1 is 1.38 bits per heavy atom. The van der Waals surface area contributed by atoms with E-state index in [9.17, 15) is 15.0 Å². The Bertz CT molecular complexity index is 518. The molecule has 1 saturated heterocycles. The maximum absolute atomic E-state index is 12.5. The molecular formula is C16H24N2O3. The number of benzene rings is 1. The van der Waals surface area contributed by atoms with Crippen LogP contribution in [0.3, 0.4) is 0 Å². The van der Waals surface area contributed by atoms with Crippen molar-refractivity contribution in [3.05, 3.63) is 23.8 Å². The van der Waals surface area contributed by atoms with Crippen LogP contribution >= 0.6 is 0 Å². The molecule has 4 N–H and O–H groups in total. The fraction of sp³-hybridized carbons (Fsp3) is 0.562. The molecule has 3 atom stereocenters. The Balaban J connectivity index is 2.00. The number of hydrogen-bond acceptors (Lipinski definition) is 4. The zero-order valence-corrected chi connectivity index (χ0v) is 12.6. The molecule has 21 heavy (non-hydrogen) atoms. The summed E-state index contributed by atoms with van der Waals surface area (Å²) in [5.41, 5.74) is 6.77. The summed E-state index contributed by atoms with van der Waals surface area (Å²) in [6, 6.07) is 4.13. The van der Waals surface area contributed by atoms with Gasteiger partial charge in [-0.3, -0.25) is 4.79 Å². The third-order valence-corrected chi connectivity index (χ3v) is 4.23. The lowest BCUT2D eigenvalue weighted by molar-refractivity contribution is -0.136. The standard InChI is InChI=1S/C16H24N2O3/c1-10-5-6-18(11(2)7-10)16(21)13(17)8-12-3-4-14(19)15(20)9-12/h3-4,9-11,13,19-20H,5-8,17H2,1-2H3/t10?,11?,13-/m0/s1. The minimum atomic E-state index is -0.621. The molecule has 0 aromatic heterocycles. The third-order valence-electron chi connectivity index (χ3n) is 4.23. The van der Waals surface area contributed by atoms with Crippen LogP contribution in [0.25, 0.3) is 0 Å². The van der Waals surface area contributed by atoms with Gasteiger partial charge in [0.15, 0.2) is 11.5 Å². The zero-order valence-electron chi connectivity index (χ0n) is 12.6. The van der Waals surface area contributed by atoms with Gasteiger partial charge in [0.2, 0.25) is 5.91 Å². The smallest absolute Gasteiger partial charge is 0.240 e. The number of nitrogens with zero attached hydrogens (tertiary/aromatic N) is 1. The maximum atomic E-state index is 12.5. The van der Waals surface area contributed by atoms with Crippen LogP contribution in [-0.2, 0) is 11.2 Å². The molecule has 1 heterocycles. The number of carbonyl (C=O) groups excluding carboxylic acids is 1. The summed E-state index contributed by atoms with van der Waals surface area (Å²) >= 11 is 0. The first kappa shape index (κ1) is 15.6. The fourth-order valence-corrected chi connectivity index (χ4v) is 2.98. The number of rotatable bonds is 3. The van der Waals surface area contributed by atoms with Gasteiger partial charge in [-0.1, -0.05) is 13.0 Å². The van der Waals surface area contributed by atoms with Gasteiger partial charge in [0.05, 0.1) is 6.04 Å². The Morgan fingerprint density at radius 2 is 2.10 bits per heavy atom. The van der Waals surface area contributed by atoms with Crippen molar-refractivity contribution in [2.75, 3.05) is 6.54 Å². The predicted molar refractivity (Wildman–Crippen MR) is 81.0 cm³/mol. The molecular weight excluding hydrogens is 268 g/mol. The summed E-state index contributed by atoms with van der Waals surface area (Å²) in [5, 5.41) is 18.8. The summed E-state index contributed by atoms with van der Waals surface area (Å²) in [6.07, 6.45) is 2.38. The van der Waals surface area contributed by atoms with E-state index in [2.05, 4.69) is 13.8 Å². The molecule has 1 aromatic rings. The van der Waals surface area contributed by atoms with Crippen LogP contribution in [0.4, 0.5) is 0 Å². The molecule has 1 aliphatic heterocycles. The Hall–Kier alpha value is -1.75. The van der Waals surface area contributed by atoms with E-state index in [4.69, 9.17) is 5.73 Å². The van der Waals surface area contributed by atoms with Crippen LogP contribution in [0.5, 0.6) is 11.5 Å². The summed E-state index contributed by atoms with van der Waals surface area (Å²) in [4.78, 5) is 14.3. The summed E-state index contributed by atoms with van der Waals surface area (Å²) < 4.78 is 0. The topological polar surface area (TPSA) is 86.8 Å². The molecule has 1 aromatic carbocycles. The van der Waals surface area contributed by atoms with E-state index in [0.717, 1.165) is 24.9 Å². The van der Waals surface area contributed by atoms with Gasteiger partial charge >= 0.3 is 0 Å². The number of nitrogens with two attached hydrogens (primary N) is 1. The van der Waals surface area contributed by atoms with E-state index < -0.39 is 6.04 Å². The number of amides is 1. The molecule has 5 nitrogen and oxygen atoms in total. The van der Waals surface area contributed by atoms with Crippen molar-refractivity contribution in [2.24, 2.45) is 11.7 Å². The zero-order chi connectivity index (χ0) is 15.6. The van der Waals surface area contributed by atoms with Gasteiger partial charge in [-0.15, -0.1) is 0 Å². The van der Waals surface area contributed by atoms with Crippen LogP contribution in [0.2, 0.25) is 0 Å². The molecule has 116 valence electrons. The highest BCUT2D eigenvalue weighted by molar-refractivity contribution is 5.82. The number of likely N-dealkylation sites (tertiary alicyclic amines) is 1. The van der Waals surface area contributed by atoms with Crippen LogP contribution in [-0.4, -0.2) is 39.6 Å². The molecule has 0 aliphatic carbocycles. The number of phenols is 2. The number of piperidine rings is 1. The van der Waals surface area contributed by atoms with Gasteiger partial charge in [0.25, 0.3) is 0 Å². The molecule has 1 amide bonds. The lowest BCUT2D eigenvalue weighted by Gasteiger charge is -2.38. The third kappa shape index (κ3) is 3.67. The van der Waals surface area contributed by atoms with Crippen molar-refractivity contribution in [1.29, 1.82) is 0 Å². The fourth-order valence-electron chi connectivity index (χ4n) is 2.98. The minimum Gasteiger partial charge on any atom is -0.504 e. The molecule has 5 heteroatoms. The van der Waals surface area contributed by atoms with Gasteiger partial charge in [0, 0.05) is 12.6 Å². The van der Waals surface area contributed by atoms with Gasteiger partial charge in [-0.2, -0.15) is 0 Å². The summed E-state index contributed by atoms with van der Waals surface area (Å²) in [5.74, 6) is 0.251. The van der Waals surface area contributed by atoms with Crippen molar-refractivity contribution in [2.45, 2.75) is 45.2 Å². The molecule has 0 bridgehead atoms. The van der Waals surface area contributed by atoms with Crippen LogP contribution in [0.15, 0.2) is 18.2 Å². The molecule has 2 rings (SSSR count). The van der Waals surface area contributed by atoms with Crippen LogP contribution < -0.4 is 5.73 Å². The van der Waals surface area contributed by atoms with Gasteiger partial charge in [0.1, 0.15) is 0 Å². The molecule has 2 unspecified atom stereocenters. The SMILES string of the molecule is CC1CCN(C(=O)[C@@H](N)Cc2ccc(O)c(O)c2)C(C)C1. The Kier molecular flexibility index (Phi) is 4.73. The minimum absolute atomic E-state index is 0.0398. The second-order valence-electron chi connectivity index (χ2n) is 6.14. The highest BCUT2D eigenvalue weighted by Crippen LogP contribution is 2.26. The van der Waals surface area contributed by atoms with E-state index >= 15 is 0 Å². The molecule has 0 radical (unpaired) electrons. The Labute approximate surface area is 125 Å². The number of hydrogen-bond donors (Lipinski definition) is 3. The second-order valence-corrected chi connectivity index (χ2v) is 6.14. The predicted octanol–water partition coefficient (Wildman–Crippen LogP) is 1.61. The van der Waals surface area contributed by atoms with Crippen LogP contribution in [0, 0.1) is 5.92 Å². The maximum Gasteiger partial charge on any atom is 0.240 e. The van der Waals surface area contributed by atoms with E-state index in [1.165, 1.54) is 12.1 Å². The number of aromatic hydroxyl groups is 2. The van der Waals surface area contributed by atoms with E-state index in [0.29, 0.717) is 12.3 Å². The van der Waals surface area contributed by atoms with Crippen molar-refractivity contribution in [1.82, 2.24) is 4.90 Å². The molecule has 0 spiro atoms. The van der Waals surface area contributed by atoms with Crippen molar-refractivity contribution < 1.29 is 15.0 Å². The normalized spacial score (nSPS) is 23.9. The van der Waals surface area contributed by atoms with Crippen molar-refractivity contribution in [3.8, 4) is 11.5 Å². The number of phenolic OH excluding ortho intramolecular Hbond substituents is 2. The van der Waals surface area contributed by atoms with Gasteiger partial charge < -0.3 is 20.8 Å². The van der Waals surface area contributed by atoms with E-state index in [1.54, 1.807) is 6.07 Å². The molecule has 0 saturated carbocycles. The van der Waals surface area contributed by atoms with E-state index in [1.807, 2.05) is 4.90 Å². The monoisotopic (exact) mass is 292 g/mol. The van der Waals surface area contributed by atoms with Crippen molar-refractivity contribution in [3.63, 3.8) is 0 Å². The van der Waals surface area contributed by atoms with Crippen LogP contribution in [0.1, 0.15) is 32.3 Å². The van der Waals surface area contributed by atoms with Crippen molar-refractivity contribution >= 4 is 5.91 Å². The first-order valence-electron chi connectivity index (χ1n) is 7.45. The summed E-state index contributed by atoms with van der Waals surface area (Å²) in [7, 11) is 0. The Morgan fingerprint density at radius 3 is 2.71 bits per heavy atom. The van der Waals surface area contributed by atoms with E-state index in [-0.39, 0.29) is 23.4 Å². The van der Waals surface area contributed by atoms with Gasteiger partial charge in [-0.05, 0) is 49.8 Å². The van der Waals surface area contributed by atoms with Gasteiger partial charge in [-0.25, -0.2) is 0 Å². The molecule has 1 fully saturated rings.